The number of anilines is 2. The van der Waals surface area contributed by atoms with Gasteiger partial charge in [-0.15, -0.1) is 0 Å². The van der Waals surface area contributed by atoms with E-state index in [9.17, 15) is 9.70 Å². The predicted molar refractivity (Wildman–Crippen MR) is 118 cm³/mol. The molecule has 1 unspecified atom stereocenters. The van der Waals surface area contributed by atoms with Crippen molar-refractivity contribution in [1.29, 1.82) is 0 Å². The monoisotopic (exact) mass is 429 g/mol. The lowest BCUT2D eigenvalue weighted by molar-refractivity contribution is -0.139. The van der Waals surface area contributed by atoms with E-state index in [-0.39, 0.29) is 6.04 Å². The molecule has 2 N–H and O–H groups in total. The lowest BCUT2D eigenvalue weighted by atomic mass is 10.1. The lowest BCUT2D eigenvalue weighted by Crippen LogP contribution is -2.09. The van der Waals surface area contributed by atoms with Crippen LogP contribution in [-0.4, -0.2) is 32.1 Å². The molecule has 32 heavy (non-hydrogen) atoms. The van der Waals surface area contributed by atoms with Gasteiger partial charge in [-0.1, -0.05) is 11.2 Å². The van der Waals surface area contributed by atoms with E-state index in [0.717, 1.165) is 46.7 Å². The Morgan fingerprint density at radius 2 is 2.09 bits per heavy atom. The third-order valence-corrected chi connectivity index (χ3v) is 5.50. The highest BCUT2D eigenvalue weighted by molar-refractivity contribution is 5.80. The van der Waals surface area contributed by atoms with Crippen LogP contribution in [0.4, 0.5) is 11.5 Å². The fourth-order valence-corrected chi connectivity index (χ4v) is 4.00. The van der Waals surface area contributed by atoms with Gasteiger partial charge in [0, 0.05) is 23.6 Å². The van der Waals surface area contributed by atoms with Gasteiger partial charge in [-0.2, -0.15) is 4.91 Å². The van der Waals surface area contributed by atoms with Crippen LogP contribution >= 0.6 is 0 Å². The second-order valence-corrected chi connectivity index (χ2v) is 7.52. The molecule has 160 valence electrons. The third-order valence-electron chi connectivity index (χ3n) is 5.50. The van der Waals surface area contributed by atoms with Crippen LogP contribution in [0, 0.1) is 4.91 Å². The van der Waals surface area contributed by atoms with E-state index in [2.05, 4.69) is 15.5 Å². The number of nitrogens with zero attached hydrogens (tertiary/aromatic N) is 4. The summed E-state index contributed by atoms with van der Waals surface area (Å²) in [6.07, 6.45) is 6.77. The molecule has 0 spiro atoms. The van der Waals surface area contributed by atoms with Crippen molar-refractivity contribution in [3.05, 3.63) is 77.1 Å². The van der Waals surface area contributed by atoms with Gasteiger partial charge in [0.2, 0.25) is 0 Å². The Labute approximate surface area is 182 Å². The molecule has 9 nitrogen and oxygen atoms in total. The highest BCUT2D eigenvalue weighted by atomic mass is 16.5. The van der Waals surface area contributed by atoms with Gasteiger partial charge in [0.05, 0.1) is 6.20 Å². The number of aryl methyl sites for hydroxylation is 1. The summed E-state index contributed by atoms with van der Waals surface area (Å²) in [7, 11) is 0. The van der Waals surface area contributed by atoms with Crippen molar-refractivity contribution in [2.24, 2.45) is 5.18 Å². The number of hydrogen-bond donors (Lipinski definition) is 2. The van der Waals surface area contributed by atoms with E-state index < -0.39 is 12.6 Å². The molecule has 1 aliphatic rings. The number of aliphatic carboxylic acids is 1. The number of fused-ring (bicyclic) bond motifs is 2. The maximum Gasteiger partial charge on any atom is 0.341 e. The minimum atomic E-state index is -1.03. The summed E-state index contributed by atoms with van der Waals surface area (Å²) in [4.78, 5) is 30.6. The van der Waals surface area contributed by atoms with E-state index >= 15 is 0 Å². The second kappa shape index (κ2) is 8.10. The quantitative estimate of drug-likeness (QED) is 0.419. The molecule has 2 aromatic heterocycles. The molecular formula is C23H19N5O4. The maximum atomic E-state index is 11.0. The average molecular weight is 429 g/mol. The van der Waals surface area contributed by atoms with Crippen molar-refractivity contribution in [3.8, 4) is 17.0 Å². The Morgan fingerprint density at radius 3 is 2.88 bits per heavy atom. The Morgan fingerprint density at radius 1 is 1.25 bits per heavy atom. The molecule has 2 heterocycles. The summed E-state index contributed by atoms with van der Waals surface area (Å²) in [5.74, 6) is 0.204. The number of carboxylic acid groups (broad SMARTS) is 1. The normalized spacial score (nSPS) is 14.8. The van der Waals surface area contributed by atoms with Gasteiger partial charge < -0.3 is 15.2 Å². The highest BCUT2D eigenvalue weighted by Crippen LogP contribution is 2.37. The average Bonchev–Trinajstić information content (AvgIpc) is 3.39. The summed E-state index contributed by atoms with van der Waals surface area (Å²) in [5, 5.41) is 15.5. The van der Waals surface area contributed by atoms with Crippen molar-refractivity contribution in [3.63, 3.8) is 0 Å². The van der Waals surface area contributed by atoms with Crippen molar-refractivity contribution in [2.45, 2.75) is 18.9 Å². The highest BCUT2D eigenvalue weighted by Gasteiger charge is 2.23. The van der Waals surface area contributed by atoms with Crippen molar-refractivity contribution in [1.82, 2.24) is 14.4 Å². The number of imidazole rings is 1. The van der Waals surface area contributed by atoms with E-state index in [1.165, 1.54) is 0 Å². The Bertz CT molecular complexity index is 1320. The number of nitroso groups, excluding NO2 is 1. The Hall–Kier alpha value is -4.27. The molecule has 0 radical (unpaired) electrons. The fourth-order valence-electron chi connectivity index (χ4n) is 4.00. The summed E-state index contributed by atoms with van der Waals surface area (Å²) in [6, 6.07) is 12.8. The van der Waals surface area contributed by atoms with Crippen LogP contribution in [0.1, 0.15) is 23.6 Å². The zero-order valence-electron chi connectivity index (χ0n) is 16.9. The molecule has 2 aromatic carbocycles. The van der Waals surface area contributed by atoms with Gasteiger partial charge in [0.1, 0.15) is 23.3 Å². The van der Waals surface area contributed by atoms with Crippen LogP contribution in [0.5, 0.6) is 5.75 Å². The number of carboxylic acids is 1. The number of ether oxygens (including phenoxy) is 1. The lowest BCUT2D eigenvalue weighted by Gasteiger charge is -2.11. The number of carbonyl (C=O) groups is 1. The standard InChI is InChI=1S/C23H19N5O4/c29-21(30)13-32-17-5-1-14(2-6-17)22-23(28-10-9-24-12-20(28)26-22)25-16-4-7-18-15(11-16)3-8-19(18)27-31/h1-2,4-7,9-12,19,25H,3,8,13H2,(H,29,30). The maximum absolute atomic E-state index is 11.0. The first-order valence-corrected chi connectivity index (χ1v) is 10.1. The Kier molecular flexibility index (Phi) is 4.98. The van der Waals surface area contributed by atoms with Gasteiger partial charge >= 0.3 is 5.97 Å². The second-order valence-electron chi connectivity index (χ2n) is 7.52. The first-order chi connectivity index (χ1) is 15.6. The molecule has 5 rings (SSSR count). The van der Waals surface area contributed by atoms with E-state index in [1.54, 1.807) is 24.5 Å². The minimum absolute atomic E-state index is 0.265. The number of nitrogens with one attached hydrogen (secondary N) is 1. The topological polar surface area (TPSA) is 118 Å². The van der Waals surface area contributed by atoms with E-state index in [0.29, 0.717) is 11.4 Å². The zero-order valence-corrected chi connectivity index (χ0v) is 16.9. The number of benzene rings is 2. The fraction of sp³-hybridized carbons (Fsp3) is 0.174. The molecule has 0 aliphatic heterocycles. The van der Waals surface area contributed by atoms with Gasteiger partial charge in [-0.3, -0.25) is 9.38 Å². The van der Waals surface area contributed by atoms with Crippen LogP contribution in [-0.2, 0) is 11.2 Å². The molecular weight excluding hydrogens is 410 g/mol. The smallest absolute Gasteiger partial charge is 0.341 e. The van der Waals surface area contributed by atoms with Gasteiger partial charge in [-0.25, -0.2) is 9.78 Å². The molecule has 0 bridgehead atoms. The molecule has 9 heteroatoms. The summed E-state index contributed by atoms with van der Waals surface area (Å²) >= 11 is 0. The molecule has 1 aliphatic carbocycles. The van der Waals surface area contributed by atoms with Gasteiger partial charge in [-0.05, 0) is 60.4 Å². The van der Waals surface area contributed by atoms with Crippen LogP contribution in [0.2, 0.25) is 0 Å². The minimum Gasteiger partial charge on any atom is -0.482 e. The molecule has 0 saturated heterocycles. The molecule has 0 fully saturated rings. The number of hydrogen-bond acceptors (Lipinski definition) is 7. The van der Waals surface area contributed by atoms with E-state index in [1.807, 2.05) is 40.9 Å². The SMILES string of the molecule is O=NC1CCc2cc(Nc3c(-c4ccc(OCC(=O)O)cc4)nc4cnccn34)ccc21. The van der Waals surface area contributed by atoms with E-state index in [4.69, 9.17) is 14.8 Å². The van der Waals surface area contributed by atoms with Crippen molar-refractivity contribution < 1.29 is 14.6 Å². The van der Waals surface area contributed by atoms with Crippen LogP contribution < -0.4 is 10.1 Å². The van der Waals surface area contributed by atoms with Crippen LogP contribution in [0.15, 0.2) is 66.2 Å². The first-order valence-electron chi connectivity index (χ1n) is 10.1. The molecule has 0 amide bonds. The van der Waals surface area contributed by atoms with Gasteiger partial charge in [0.25, 0.3) is 0 Å². The molecule has 0 saturated carbocycles. The predicted octanol–water partition coefficient (Wildman–Crippen LogP) is 4.36. The van der Waals surface area contributed by atoms with Crippen LogP contribution in [0.25, 0.3) is 16.9 Å². The number of rotatable bonds is 7. The number of aromatic nitrogens is 3. The summed E-state index contributed by atoms with van der Waals surface area (Å²) in [5.41, 5.74) is 5.24. The first kappa shape index (κ1) is 19.7. The Balaban J connectivity index is 1.50. The van der Waals surface area contributed by atoms with Crippen molar-refractivity contribution in [2.75, 3.05) is 11.9 Å². The molecule has 4 aromatic rings. The van der Waals surface area contributed by atoms with Gasteiger partial charge in [0.15, 0.2) is 12.3 Å². The third kappa shape index (κ3) is 3.64. The zero-order chi connectivity index (χ0) is 22.1. The van der Waals surface area contributed by atoms with Crippen molar-refractivity contribution >= 4 is 23.1 Å². The largest absolute Gasteiger partial charge is 0.482 e. The summed E-state index contributed by atoms with van der Waals surface area (Å²) < 4.78 is 7.14. The van der Waals surface area contributed by atoms with Crippen LogP contribution in [0.3, 0.4) is 0 Å². The molecule has 1 atom stereocenters. The summed E-state index contributed by atoms with van der Waals surface area (Å²) in [6.45, 7) is -0.398.